The Kier molecular flexibility index (Phi) is 13.7. The summed E-state index contributed by atoms with van der Waals surface area (Å²) in [5.74, 6) is 0.602. The van der Waals surface area contributed by atoms with Gasteiger partial charge in [-0.1, -0.05) is 19.3 Å². The molecule has 0 amide bonds. The van der Waals surface area contributed by atoms with Gasteiger partial charge in [-0.2, -0.15) is 17.5 Å². The van der Waals surface area contributed by atoms with Crippen LogP contribution in [0.2, 0.25) is 0 Å². The van der Waals surface area contributed by atoms with E-state index in [1.54, 1.807) is 7.05 Å². The monoisotopic (exact) mass is 557 g/mol. The Labute approximate surface area is 189 Å². The van der Waals surface area contributed by atoms with E-state index in [4.69, 9.17) is 0 Å². The molecule has 1 aliphatic heterocycles. The maximum Gasteiger partial charge on any atom is 0.511 e. The summed E-state index contributed by atoms with van der Waals surface area (Å²) in [4.78, 5) is 6.31. The summed E-state index contributed by atoms with van der Waals surface area (Å²) in [7, 11) is 0.549. The van der Waals surface area contributed by atoms with Crippen molar-refractivity contribution in [2.75, 3.05) is 47.3 Å². The van der Waals surface area contributed by atoms with E-state index in [9.17, 15) is 21.6 Å². The van der Waals surface area contributed by atoms with Crippen LogP contribution >= 0.6 is 24.0 Å². The van der Waals surface area contributed by atoms with Crippen molar-refractivity contribution in [3.63, 3.8) is 0 Å². The minimum Gasteiger partial charge on any atom is -0.356 e. The number of sulfonamides is 1. The Morgan fingerprint density at radius 3 is 2.17 bits per heavy atom. The van der Waals surface area contributed by atoms with Gasteiger partial charge in [0, 0.05) is 32.7 Å². The first-order chi connectivity index (χ1) is 13.1. The molecule has 1 fully saturated rings. The summed E-state index contributed by atoms with van der Waals surface area (Å²) < 4.78 is 61.2. The first-order valence-corrected chi connectivity index (χ1v) is 11.2. The molecule has 0 unspecified atom stereocenters. The predicted molar refractivity (Wildman–Crippen MR) is 121 cm³/mol. The normalized spacial score (nSPS) is 17.3. The average molecular weight is 557 g/mol. The molecular weight excluding hydrogens is 522 g/mol. The average Bonchev–Trinajstić information content (AvgIpc) is 2.62. The number of halogens is 4. The SMILES string of the molecule is CN=C(NCCCCCCCN(C)C)NC1CCN(S(=O)(=O)C(F)(F)F)CC1.I. The van der Waals surface area contributed by atoms with Gasteiger partial charge in [0.15, 0.2) is 5.96 Å². The quantitative estimate of drug-likeness (QED) is 0.187. The van der Waals surface area contributed by atoms with E-state index in [1.165, 1.54) is 19.3 Å². The van der Waals surface area contributed by atoms with Crippen LogP contribution in [0.3, 0.4) is 0 Å². The van der Waals surface area contributed by atoms with Crippen molar-refractivity contribution in [1.29, 1.82) is 0 Å². The van der Waals surface area contributed by atoms with Crippen molar-refractivity contribution in [2.24, 2.45) is 4.99 Å². The molecule has 1 aliphatic rings. The first kappa shape index (κ1) is 28.7. The Morgan fingerprint density at radius 2 is 1.66 bits per heavy atom. The molecule has 1 saturated heterocycles. The topological polar surface area (TPSA) is 77.0 Å². The minimum absolute atomic E-state index is 0. The standard InChI is InChI=1S/C17H34F3N5O2S.HI/c1-21-16(22-11-7-5-4-6-8-12-24(2)3)23-15-9-13-25(14-10-15)28(26,27)17(18,19)20;/h15H,4-14H2,1-3H3,(H2,21,22,23);1H. The molecule has 0 aromatic rings. The maximum atomic E-state index is 12.6. The lowest BCUT2D eigenvalue weighted by molar-refractivity contribution is -0.0494. The van der Waals surface area contributed by atoms with Gasteiger partial charge in [0.2, 0.25) is 0 Å². The predicted octanol–water partition coefficient (Wildman–Crippen LogP) is 2.60. The van der Waals surface area contributed by atoms with Crippen LogP contribution in [0.5, 0.6) is 0 Å². The zero-order chi connectivity index (χ0) is 21.2. The van der Waals surface area contributed by atoms with E-state index < -0.39 is 15.5 Å². The minimum atomic E-state index is -5.24. The van der Waals surface area contributed by atoms with E-state index in [2.05, 4.69) is 34.6 Å². The molecule has 0 radical (unpaired) electrons. The molecule has 7 nitrogen and oxygen atoms in total. The fourth-order valence-electron chi connectivity index (χ4n) is 3.07. The molecule has 0 saturated carbocycles. The van der Waals surface area contributed by atoms with Crippen LogP contribution in [0.4, 0.5) is 13.2 Å². The van der Waals surface area contributed by atoms with Gasteiger partial charge < -0.3 is 15.5 Å². The number of alkyl halides is 3. The summed E-state index contributed by atoms with van der Waals surface area (Å²) in [6, 6.07) is -0.100. The second kappa shape index (κ2) is 13.9. The van der Waals surface area contributed by atoms with Gasteiger partial charge in [0.05, 0.1) is 0 Å². The van der Waals surface area contributed by atoms with E-state index in [-0.39, 0.29) is 43.1 Å². The molecule has 1 rings (SSSR count). The maximum absolute atomic E-state index is 12.6. The first-order valence-electron chi connectivity index (χ1n) is 9.76. The van der Waals surface area contributed by atoms with Gasteiger partial charge in [-0.15, -0.1) is 24.0 Å². The molecule has 29 heavy (non-hydrogen) atoms. The molecule has 0 atom stereocenters. The van der Waals surface area contributed by atoms with E-state index >= 15 is 0 Å². The molecule has 0 aliphatic carbocycles. The fraction of sp³-hybridized carbons (Fsp3) is 0.941. The van der Waals surface area contributed by atoms with Crippen LogP contribution in [0.25, 0.3) is 0 Å². The molecular formula is C17H35F3IN5O2S. The number of aliphatic imine (C=N–C) groups is 1. The van der Waals surface area contributed by atoms with Crippen LogP contribution in [0.15, 0.2) is 4.99 Å². The lowest BCUT2D eigenvalue weighted by Crippen LogP contribution is -2.51. The van der Waals surface area contributed by atoms with Crippen LogP contribution in [-0.2, 0) is 10.0 Å². The lowest BCUT2D eigenvalue weighted by Gasteiger charge is -2.32. The molecule has 0 aromatic heterocycles. The van der Waals surface area contributed by atoms with Crippen molar-refractivity contribution in [1.82, 2.24) is 19.8 Å². The number of unbranched alkanes of at least 4 members (excludes halogenated alkanes) is 4. The highest BCUT2D eigenvalue weighted by atomic mass is 127. The highest BCUT2D eigenvalue weighted by Crippen LogP contribution is 2.28. The highest BCUT2D eigenvalue weighted by molar-refractivity contribution is 14.0. The molecule has 174 valence electrons. The van der Waals surface area contributed by atoms with Crippen molar-refractivity contribution < 1.29 is 21.6 Å². The third-order valence-corrected chi connectivity index (χ3v) is 6.36. The lowest BCUT2D eigenvalue weighted by atomic mass is 10.1. The Hall–Kier alpha value is -0.340. The van der Waals surface area contributed by atoms with Gasteiger partial charge >= 0.3 is 15.5 Å². The van der Waals surface area contributed by atoms with Crippen LogP contribution in [-0.4, -0.2) is 82.5 Å². The smallest absolute Gasteiger partial charge is 0.356 e. The van der Waals surface area contributed by atoms with Gasteiger partial charge in [-0.05, 0) is 46.3 Å². The van der Waals surface area contributed by atoms with Gasteiger partial charge in [-0.3, -0.25) is 4.99 Å². The number of nitrogens with zero attached hydrogens (tertiary/aromatic N) is 3. The summed E-state index contributed by atoms with van der Waals surface area (Å²) in [5, 5.41) is 6.38. The Balaban J connectivity index is 0.00000784. The molecule has 0 bridgehead atoms. The van der Waals surface area contributed by atoms with Crippen LogP contribution in [0, 0.1) is 0 Å². The Bertz CT molecular complexity index is 580. The molecule has 0 spiro atoms. The summed E-state index contributed by atoms with van der Waals surface area (Å²) in [5.41, 5.74) is -5.24. The Morgan fingerprint density at radius 1 is 1.10 bits per heavy atom. The zero-order valence-electron chi connectivity index (χ0n) is 17.5. The summed E-state index contributed by atoms with van der Waals surface area (Å²) >= 11 is 0. The number of hydrogen-bond donors (Lipinski definition) is 2. The molecule has 2 N–H and O–H groups in total. The number of nitrogens with one attached hydrogen (secondary N) is 2. The van der Waals surface area contributed by atoms with Gasteiger partial charge in [0.1, 0.15) is 0 Å². The van der Waals surface area contributed by atoms with Gasteiger partial charge in [0.25, 0.3) is 0 Å². The van der Waals surface area contributed by atoms with Gasteiger partial charge in [-0.25, -0.2) is 8.42 Å². The summed E-state index contributed by atoms with van der Waals surface area (Å²) in [6.45, 7) is 1.58. The summed E-state index contributed by atoms with van der Waals surface area (Å²) in [6.07, 6.45) is 6.37. The van der Waals surface area contributed by atoms with E-state index in [1.807, 2.05) is 0 Å². The second-order valence-corrected chi connectivity index (χ2v) is 9.27. The van der Waals surface area contributed by atoms with E-state index in [0.717, 1.165) is 25.9 Å². The second-order valence-electron chi connectivity index (χ2n) is 7.34. The number of piperidine rings is 1. The third-order valence-electron chi connectivity index (χ3n) is 4.73. The molecule has 12 heteroatoms. The highest BCUT2D eigenvalue weighted by Gasteiger charge is 2.50. The van der Waals surface area contributed by atoms with Crippen molar-refractivity contribution >= 4 is 40.0 Å². The van der Waals surface area contributed by atoms with E-state index in [0.29, 0.717) is 23.1 Å². The number of rotatable bonds is 10. The zero-order valence-corrected chi connectivity index (χ0v) is 20.6. The third kappa shape index (κ3) is 10.5. The number of hydrogen-bond acceptors (Lipinski definition) is 4. The largest absolute Gasteiger partial charge is 0.511 e. The van der Waals surface area contributed by atoms with Crippen molar-refractivity contribution in [2.45, 2.75) is 56.5 Å². The van der Waals surface area contributed by atoms with Crippen LogP contribution < -0.4 is 10.6 Å². The molecule has 1 heterocycles. The molecule has 0 aromatic carbocycles. The fourth-order valence-corrected chi connectivity index (χ4v) is 4.05. The van der Waals surface area contributed by atoms with Crippen LogP contribution in [0.1, 0.15) is 44.9 Å². The van der Waals surface area contributed by atoms with Crippen molar-refractivity contribution in [3.8, 4) is 0 Å². The number of guanidine groups is 1. The van der Waals surface area contributed by atoms with Crippen molar-refractivity contribution in [3.05, 3.63) is 0 Å².